The Balaban J connectivity index is 1.56. The van der Waals surface area contributed by atoms with Crippen molar-refractivity contribution in [1.29, 1.82) is 5.26 Å². The topological polar surface area (TPSA) is 86.5 Å². The number of hydrogen-bond donors (Lipinski definition) is 1. The van der Waals surface area contributed by atoms with E-state index in [1.54, 1.807) is 6.26 Å². The molecular formula is C25H28N4O2. The summed E-state index contributed by atoms with van der Waals surface area (Å²) in [4.78, 5) is 16.1. The normalized spacial score (nSPS) is 16.1. The van der Waals surface area contributed by atoms with E-state index in [2.05, 4.69) is 41.0 Å². The van der Waals surface area contributed by atoms with E-state index < -0.39 is 0 Å². The first-order valence-electron chi connectivity index (χ1n) is 10.8. The molecule has 6 nitrogen and oxygen atoms in total. The third-order valence-corrected chi connectivity index (χ3v) is 6.24. The zero-order valence-corrected chi connectivity index (χ0v) is 17.8. The predicted molar refractivity (Wildman–Crippen MR) is 121 cm³/mol. The van der Waals surface area contributed by atoms with Crippen molar-refractivity contribution >= 4 is 22.6 Å². The van der Waals surface area contributed by atoms with Gasteiger partial charge in [-0.3, -0.25) is 9.69 Å². The van der Waals surface area contributed by atoms with Crippen LogP contribution in [-0.2, 0) is 11.3 Å². The molecule has 160 valence electrons. The molecule has 6 heteroatoms. The number of primary amides is 1. The number of carbonyl (C=O) groups excluding carboxylic acids is 1. The number of likely N-dealkylation sites (tertiary alicyclic amines) is 1. The van der Waals surface area contributed by atoms with Crippen LogP contribution in [0.25, 0.3) is 11.0 Å². The zero-order chi connectivity index (χ0) is 21.8. The number of anilines is 1. The quantitative estimate of drug-likeness (QED) is 0.628. The Morgan fingerprint density at radius 2 is 2.06 bits per heavy atom. The molecule has 0 spiro atoms. The van der Waals surface area contributed by atoms with Crippen molar-refractivity contribution in [2.45, 2.75) is 44.8 Å². The molecule has 0 saturated carbocycles. The van der Waals surface area contributed by atoms with Crippen LogP contribution in [-0.4, -0.2) is 36.0 Å². The van der Waals surface area contributed by atoms with E-state index >= 15 is 0 Å². The summed E-state index contributed by atoms with van der Waals surface area (Å²) in [5.74, 6) is -0.248. The van der Waals surface area contributed by atoms with Gasteiger partial charge in [-0.05, 0) is 61.7 Å². The fourth-order valence-electron chi connectivity index (χ4n) is 4.56. The minimum Gasteiger partial charge on any atom is -0.464 e. The number of fused-ring (bicyclic) bond motifs is 1. The standard InChI is InChI=1S/C25H28N4O2/c1-18(13-25(27)30)28-10-7-22(8-11-28)29(17-20-4-2-3-19(14-20)16-26)23-5-6-24-21(15-23)9-12-31-24/h2-6,9,12,14-15,18,22H,7-8,10-11,13,17H2,1H3,(H2,27,30). The predicted octanol–water partition coefficient (Wildman–Crippen LogP) is 4.04. The average molecular weight is 417 g/mol. The van der Waals surface area contributed by atoms with E-state index in [0.717, 1.165) is 54.7 Å². The molecule has 1 unspecified atom stereocenters. The maximum absolute atomic E-state index is 11.3. The maximum atomic E-state index is 11.3. The summed E-state index contributed by atoms with van der Waals surface area (Å²) in [6.07, 6.45) is 4.12. The lowest BCUT2D eigenvalue weighted by molar-refractivity contribution is -0.119. The second-order valence-corrected chi connectivity index (χ2v) is 8.37. The molecule has 1 amide bonds. The number of nitrogens with two attached hydrogens (primary N) is 1. The van der Waals surface area contributed by atoms with Crippen LogP contribution in [0.4, 0.5) is 5.69 Å². The van der Waals surface area contributed by atoms with Gasteiger partial charge in [0.05, 0.1) is 17.9 Å². The molecule has 0 radical (unpaired) electrons. The van der Waals surface area contributed by atoms with E-state index in [1.165, 1.54) is 0 Å². The van der Waals surface area contributed by atoms with Gasteiger partial charge in [0.2, 0.25) is 5.91 Å². The Kier molecular flexibility index (Phi) is 6.24. The first-order valence-corrected chi connectivity index (χ1v) is 10.8. The van der Waals surface area contributed by atoms with Gasteiger partial charge < -0.3 is 15.1 Å². The number of nitriles is 1. The molecule has 0 aliphatic carbocycles. The molecule has 4 rings (SSSR count). The van der Waals surface area contributed by atoms with Crippen LogP contribution in [0.5, 0.6) is 0 Å². The van der Waals surface area contributed by atoms with Gasteiger partial charge >= 0.3 is 0 Å². The largest absolute Gasteiger partial charge is 0.464 e. The highest BCUT2D eigenvalue weighted by Gasteiger charge is 2.28. The molecule has 1 aliphatic rings. The summed E-state index contributed by atoms with van der Waals surface area (Å²) in [5, 5.41) is 10.4. The van der Waals surface area contributed by atoms with Gasteiger partial charge in [0.25, 0.3) is 0 Å². The van der Waals surface area contributed by atoms with Crippen molar-refractivity contribution in [3.05, 3.63) is 65.9 Å². The Bertz CT molecular complexity index is 1090. The van der Waals surface area contributed by atoms with Crippen LogP contribution in [0.1, 0.15) is 37.3 Å². The Labute approximate surface area is 182 Å². The molecule has 1 aliphatic heterocycles. The van der Waals surface area contributed by atoms with Crippen LogP contribution < -0.4 is 10.6 Å². The zero-order valence-electron chi connectivity index (χ0n) is 17.8. The van der Waals surface area contributed by atoms with Crippen LogP contribution in [0.15, 0.2) is 59.2 Å². The summed E-state index contributed by atoms with van der Waals surface area (Å²) in [6, 6.07) is 18.9. The van der Waals surface area contributed by atoms with Crippen LogP contribution in [0.2, 0.25) is 0 Å². The molecule has 1 aromatic heterocycles. The van der Waals surface area contributed by atoms with Crippen molar-refractivity contribution in [2.24, 2.45) is 5.73 Å². The lowest BCUT2D eigenvalue weighted by atomic mass is 9.98. The summed E-state index contributed by atoms with van der Waals surface area (Å²) in [5.41, 5.74) is 9.23. The average Bonchev–Trinajstić information content (AvgIpc) is 3.25. The summed E-state index contributed by atoms with van der Waals surface area (Å²) < 4.78 is 5.52. The molecule has 3 aromatic rings. The fourth-order valence-corrected chi connectivity index (χ4v) is 4.56. The second kappa shape index (κ2) is 9.23. The van der Waals surface area contributed by atoms with Crippen molar-refractivity contribution < 1.29 is 9.21 Å². The van der Waals surface area contributed by atoms with E-state index in [1.807, 2.05) is 30.3 Å². The first-order chi connectivity index (χ1) is 15.0. The maximum Gasteiger partial charge on any atom is 0.218 e. The highest BCUT2D eigenvalue weighted by atomic mass is 16.3. The van der Waals surface area contributed by atoms with Crippen molar-refractivity contribution in [1.82, 2.24) is 4.90 Å². The van der Waals surface area contributed by atoms with Crippen LogP contribution >= 0.6 is 0 Å². The number of nitrogens with zero attached hydrogens (tertiary/aromatic N) is 3. The molecule has 2 heterocycles. The van der Waals surface area contributed by atoms with Crippen molar-refractivity contribution in [3.8, 4) is 6.07 Å². The molecule has 2 aromatic carbocycles. The minimum atomic E-state index is -0.248. The number of benzene rings is 2. The first kappa shape index (κ1) is 21.0. The van der Waals surface area contributed by atoms with Gasteiger partial charge in [0.15, 0.2) is 0 Å². The molecule has 1 saturated heterocycles. The molecule has 1 atom stereocenters. The van der Waals surface area contributed by atoms with Crippen molar-refractivity contribution in [3.63, 3.8) is 0 Å². The smallest absolute Gasteiger partial charge is 0.218 e. The van der Waals surface area contributed by atoms with Crippen LogP contribution in [0, 0.1) is 11.3 Å². The van der Waals surface area contributed by atoms with Crippen molar-refractivity contribution in [2.75, 3.05) is 18.0 Å². The third-order valence-electron chi connectivity index (χ3n) is 6.24. The van der Waals surface area contributed by atoms with E-state index in [4.69, 9.17) is 10.2 Å². The SMILES string of the molecule is CC(CC(N)=O)N1CCC(N(Cc2cccc(C#N)c2)c2ccc3occc3c2)CC1. The summed E-state index contributed by atoms with van der Waals surface area (Å²) >= 11 is 0. The van der Waals surface area contributed by atoms with Gasteiger partial charge in [-0.1, -0.05) is 12.1 Å². The highest BCUT2D eigenvalue weighted by Crippen LogP contribution is 2.30. The van der Waals surface area contributed by atoms with E-state index in [0.29, 0.717) is 18.0 Å². The third kappa shape index (κ3) is 4.89. The number of rotatable bonds is 7. The fraction of sp³-hybridized carbons (Fsp3) is 0.360. The molecule has 31 heavy (non-hydrogen) atoms. The van der Waals surface area contributed by atoms with Gasteiger partial charge in [0.1, 0.15) is 5.58 Å². The summed E-state index contributed by atoms with van der Waals surface area (Å²) in [6.45, 7) is 4.67. The number of amides is 1. The lowest BCUT2D eigenvalue weighted by Crippen LogP contribution is -2.48. The molecule has 1 fully saturated rings. The second-order valence-electron chi connectivity index (χ2n) is 8.37. The number of furan rings is 1. The Morgan fingerprint density at radius 1 is 1.26 bits per heavy atom. The number of hydrogen-bond acceptors (Lipinski definition) is 5. The lowest BCUT2D eigenvalue weighted by Gasteiger charge is -2.41. The van der Waals surface area contributed by atoms with Gasteiger partial charge in [-0.2, -0.15) is 5.26 Å². The summed E-state index contributed by atoms with van der Waals surface area (Å²) in [7, 11) is 0. The Morgan fingerprint density at radius 3 is 2.81 bits per heavy atom. The highest BCUT2D eigenvalue weighted by molar-refractivity contribution is 5.81. The monoisotopic (exact) mass is 416 g/mol. The molecular weight excluding hydrogens is 388 g/mol. The number of carbonyl (C=O) groups is 1. The van der Waals surface area contributed by atoms with Gasteiger partial charge in [-0.25, -0.2) is 0 Å². The van der Waals surface area contributed by atoms with Gasteiger partial charge in [0, 0.05) is 49.2 Å². The number of piperidine rings is 1. The minimum absolute atomic E-state index is 0.168. The Hall–Kier alpha value is -3.30. The molecule has 0 bridgehead atoms. The van der Waals surface area contributed by atoms with E-state index in [-0.39, 0.29) is 11.9 Å². The van der Waals surface area contributed by atoms with Crippen LogP contribution in [0.3, 0.4) is 0 Å². The van der Waals surface area contributed by atoms with E-state index in [9.17, 15) is 10.1 Å². The molecule has 2 N–H and O–H groups in total. The van der Waals surface area contributed by atoms with Gasteiger partial charge in [-0.15, -0.1) is 0 Å².